The van der Waals surface area contributed by atoms with Crippen LogP contribution in [0.3, 0.4) is 0 Å². The van der Waals surface area contributed by atoms with E-state index in [0.29, 0.717) is 11.1 Å². The highest BCUT2D eigenvalue weighted by Crippen LogP contribution is 2.60. The molecule has 1 atom stereocenters. The van der Waals surface area contributed by atoms with Gasteiger partial charge >= 0.3 is 0 Å². The highest BCUT2D eigenvalue weighted by atomic mass is 31.2. The number of benzene rings is 1. The van der Waals surface area contributed by atoms with Crippen LogP contribution in [0.1, 0.15) is 32.1 Å². The Labute approximate surface area is 101 Å². The van der Waals surface area contributed by atoms with Gasteiger partial charge in [0.1, 0.15) is 17.8 Å². The van der Waals surface area contributed by atoms with Crippen LogP contribution in [0.25, 0.3) is 0 Å². The molecule has 92 valence electrons. The minimum Gasteiger partial charge on any atom is -0.507 e. The van der Waals surface area contributed by atoms with Gasteiger partial charge in [0, 0.05) is 5.66 Å². The maximum Gasteiger partial charge on any atom is 0.161 e. The Morgan fingerprint density at radius 3 is 2.76 bits per heavy atom. The van der Waals surface area contributed by atoms with Crippen molar-refractivity contribution in [1.29, 1.82) is 0 Å². The summed E-state index contributed by atoms with van der Waals surface area (Å²) in [6.07, 6.45) is 5.84. The zero-order valence-electron chi connectivity index (χ0n) is 9.76. The Bertz CT molecular complexity index is 478. The average Bonchev–Trinajstić information content (AvgIpc) is 2.71. The molecule has 0 saturated heterocycles. The Hall–Kier alpha value is -0.950. The molecule has 2 aliphatic rings. The van der Waals surface area contributed by atoms with Crippen LogP contribution in [-0.4, -0.2) is 17.1 Å². The van der Waals surface area contributed by atoms with Crippen molar-refractivity contribution < 1.29 is 14.4 Å². The van der Waals surface area contributed by atoms with Crippen molar-refractivity contribution in [2.45, 2.75) is 37.8 Å². The lowest BCUT2D eigenvalue weighted by Gasteiger charge is -2.27. The molecule has 1 aliphatic carbocycles. The van der Waals surface area contributed by atoms with Crippen LogP contribution in [-0.2, 0) is 4.57 Å². The van der Waals surface area contributed by atoms with Crippen LogP contribution in [0.15, 0.2) is 18.2 Å². The molecule has 0 spiro atoms. The lowest BCUT2D eigenvalue weighted by Crippen LogP contribution is -2.19. The molecule has 17 heavy (non-hydrogen) atoms. The van der Waals surface area contributed by atoms with E-state index < -0.39 is 7.14 Å². The highest BCUT2D eigenvalue weighted by Gasteiger charge is 2.44. The largest absolute Gasteiger partial charge is 0.507 e. The first-order valence-electron chi connectivity index (χ1n) is 6.26. The normalized spacial score (nSPS) is 28.7. The first-order chi connectivity index (χ1) is 8.22. The van der Waals surface area contributed by atoms with Crippen molar-refractivity contribution in [3.63, 3.8) is 0 Å². The van der Waals surface area contributed by atoms with E-state index in [1.165, 1.54) is 6.42 Å². The van der Waals surface area contributed by atoms with Gasteiger partial charge in [-0.2, -0.15) is 0 Å². The van der Waals surface area contributed by atoms with E-state index in [2.05, 4.69) is 0 Å². The number of hydrogen-bond acceptors (Lipinski definition) is 3. The van der Waals surface area contributed by atoms with Gasteiger partial charge in [-0.3, -0.25) is 0 Å². The van der Waals surface area contributed by atoms with Gasteiger partial charge in [0.25, 0.3) is 0 Å². The molecule has 3 rings (SSSR count). The third-order valence-corrected chi connectivity index (χ3v) is 7.35. The van der Waals surface area contributed by atoms with Crippen molar-refractivity contribution >= 4 is 12.4 Å². The number of hydrogen-bond donors (Lipinski definition) is 1. The minimum absolute atomic E-state index is 0.147. The van der Waals surface area contributed by atoms with Gasteiger partial charge in [-0.15, -0.1) is 0 Å². The molecule has 0 aromatic heterocycles. The lowest BCUT2D eigenvalue weighted by atomic mass is 10.0. The monoisotopic (exact) mass is 252 g/mol. The SMILES string of the molecule is O=[P@]1(C2CCCCC2)COc2cccc(O)c21. The second-order valence-corrected chi connectivity index (χ2v) is 8.01. The van der Waals surface area contributed by atoms with Crippen LogP contribution in [0.2, 0.25) is 0 Å². The predicted octanol–water partition coefficient (Wildman–Crippen LogP) is 3.06. The van der Waals surface area contributed by atoms with E-state index in [9.17, 15) is 9.67 Å². The summed E-state index contributed by atoms with van der Waals surface area (Å²) < 4.78 is 18.7. The van der Waals surface area contributed by atoms with Crippen LogP contribution in [0.5, 0.6) is 11.5 Å². The van der Waals surface area contributed by atoms with Crippen molar-refractivity contribution in [2.24, 2.45) is 0 Å². The number of aromatic hydroxyl groups is 1. The smallest absolute Gasteiger partial charge is 0.161 e. The van der Waals surface area contributed by atoms with Crippen LogP contribution in [0, 0.1) is 0 Å². The molecule has 1 saturated carbocycles. The first kappa shape index (κ1) is 11.2. The molecular formula is C13H17O3P. The zero-order valence-corrected chi connectivity index (χ0v) is 10.7. The fourth-order valence-electron chi connectivity index (χ4n) is 3.02. The summed E-state index contributed by atoms with van der Waals surface area (Å²) in [5.74, 6) is 0.771. The van der Waals surface area contributed by atoms with Gasteiger partial charge in [-0.25, -0.2) is 0 Å². The molecule has 1 aromatic rings. The van der Waals surface area contributed by atoms with E-state index >= 15 is 0 Å². The summed E-state index contributed by atoms with van der Waals surface area (Å²) >= 11 is 0. The summed E-state index contributed by atoms with van der Waals surface area (Å²) in [6.45, 7) is 0. The van der Waals surface area contributed by atoms with Crippen molar-refractivity contribution in [2.75, 3.05) is 6.35 Å². The minimum atomic E-state index is -2.55. The topological polar surface area (TPSA) is 46.5 Å². The molecule has 0 unspecified atom stereocenters. The number of rotatable bonds is 1. The zero-order chi connectivity index (χ0) is 11.9. The third kappa shape index (κ3) is 1.68. The van der Waals surface area contributed by atoms with Gasteiger partial charge in [-0.05, 0) is 25.0 Å². The molecule has 0 amide bonds. The van der Waals surface area contributed by atoms with Gasteiger partial charge < -0.3 is 14.4 Å². The fraction of sp³-hybridized carbons (Fsp3) is 0.538. The molecular weight excluding hydrogens is 235 g/mol. The number of fused-ring (bicyclic) bond motifs is 1. The summed E-state index contributed by atoms with van der Waals surface area (Å²) in [7, 11) is -2.55. The molecule has 3 nitrogen and oxygen atoms in total. The van der Waals surface area contributed by atoms with Crippen LogP contribution >= 0.6 is 7.14 Å². The molecule has 1 fully saturated rings. The van der Waals surface area contributed by atoms with Crippen molar-refractivity contribution in [3.05, 3.63) is 18.2 Å². The molecule has 0 bridgehead atoms. The Morgan fingerprint density at radius 1 is 1.24 bits per heavy atom. The summed E-state index contributed by atoms with van der Waals surface area (Å²) in [5.41, 5.74) is 0.214. The predicted molar refractivity (Wildman–Crippen MR) is 67.7 cm³/mol. The summed E-state index contributed by atoms with van der Waals surface area (Å²) in [6, 6.07) is 5.16. The molecule has 1 aromatic carbocycles. The lowest BCUT2D eigenvalue weighted by molar-refractivity contribution is 0.386. The number of phenols is 1. The molecule has 4 heteroatoms. The Kier molecular flexibility index (Phi) is 2.67. The maximum atomic E-state index is 13.1. The van der Waals surface area contributed by atoms with Crippen molar-refractivity contribution in [3.8, 4) is 11.5 Å². The third-order valence-electron chi connectivity index (χ3n) is 3.93. The van der Waals surface area contributed by atoms with E-state index in [1.807, 2.05) is 0 Å². The number of ether oxygens (including phenoxy) is 1. The van der Waals surface area contributed by atoms with Gasteiger partial charge in [-0.1, -0.05) is 25.3 Å². The van der Waals surface area contributed by atoms with Crippen molar-refractivity contribution in [1.82, 2.24) is 0 Å². The standard InChI is InChI=1S/C13H17O3P/c14-11-7-4-8-12-13(11)17(15,9-16-12)10-5-2-1-3-6-10/h4,7-8,10,14H,1-3,5-6,9H2/t17-/m0/s1. The van der Waals surface area contributed by atoms with Gasteiger partial charge in [0.15, 0.2) is 7.14 Å². The van der Waals surface area contributed by atoms with Gasteiger partial charge in [0.2, 0.25) is 0 Å². The van der Waals surface area contributed by atoms with Crippen LogP contribution in [0.4, 0.5) is 0 Å². The molecule has 1 N–H and O–H groups in total. The second kappa shape index (κ2) is 4.06. The second-order valence-electron chi connectivity index (χ2n) is 4.98. The number of phenolic OH excluding ortho intramolecular Hbond substituents is 1. The summed E-state index contributed by atoms with van der Waals surface area (Å²) in [4.78, 5) is 0. The first-order valence-corrected chi connectivity index (χ1v) is 8.22. The average molecular weight is 252 g/mol. The van der Waals surface area contributed by atoms with E-state index in [4.69, 9.17) is 4.74 Å². The summed E-state index contributed by atoms with van der Waals surface area (Å²) in [5, 5.41) is 10.5. The van der Waals surface area contributed by atoms with Crippen LogP contribution < -0.4 is 10.0 Å². The Morgan fingerprint density at radius 2 is 2.00 bits per heavy atom. The molecule has 1 heterocycles. The van der Waals surface area contributed by atoms with E-state index in [-0.39, 0.29) is 17.8 Å². The van der Waals surface area contributed by atoms with E-state index in [1.54, 1.807) is 18.2 Å². The van der Waals surface area contributed by atoms with E-state index in [0.717, 1.165) is 25.7 Å². The molecule has 1 aliphatic heterocycles. The fourth-order valence-corrected chi connectivity index (χ4v) is 6.23. The highest BCUT2D eigenvalue weighted by molar-refractivity contribution is 7.72. The van der Waals surface area contributed by atoms with Gasteiger partial charge in [0.05, 0.1) is 5.30 Å². The maximum absolute atomic E-state index is 13.1. The molecule has 0 radical (unpaired) electrons. The Balaban J connectivity index is 2.03. The quantitative estimate of drug-likeness (QED) is 0.781.